The lowest BCUT2D eigenvalue weighted by atomic mass is 10.2. The largest absolute Gasteiger partial charge is 0.456 e. The number of allylic oxidation sites excluding steroid dienone is 2. The zero-order valence-electron chi connectivity index (χ0n) is 8.92. The van der Waals surface area contributed by atoms with E-state index in [1.165, 1.54) is 12.2 Å². The predicted molar refractivity (Wildman–Crippen MR) is 55.7 cm³/mol. The summed E-state index contributed by atoms with van der Waals surface area (Å²) in [6.07, 6.45) is 2.81. The molecule has 4 heteroatoms. The molecule has 0 fully saturated rings. The highest BCUT2D eigenvalue weighted by atomic mass is 19.1. The van der Waals surface area contributed by atoms with E-state index in [4.69, 9.17) is 4.74 Å². The van der Waals surface area contributed by atoms with E-state index in [-0.39, 0.29) is 5.97 Å². The Labute approximate surface area is 88.5 Å². The van der Waals surface area contributed by atoms with Crippen LogP contribution >= 0.6 is 0 Å². The van der Waals surface area contributed by atoms with Crippen molar-refractivity contribution in [3.05, 3.63) is 35.8 Å². The first kappa shape index (κ1) is 11.5. The van der Waals surface area contributed by atoms with E-state index in [0.717, 1.165) is 11.3 Å². The molecule has 0 spiro atoms. The van der Waals surface area contributed by atoms with Crippen molar-refractivity contribution in [3.8, 4) is 0 Å². The van der Waals surface area contributed by atoms with E-state index in [0.29, 0.717) is 13.2 Å². The Kier molecular flexibility index (Phi) is 3.66. The van der Waals surface area contributed by atoms with E-state index in [1.807, 2.05) is 11.9 Å². The number of rotatable bonds is 4. The minimum Gasteiger partial charge on any atom is -0.456 e. The molecular formula is C11H14FNO2. The van der Waals surface area contributed by atoms with Gasteiger partial charge < -0.3 is 9.64 Å². The normalized spacial score (nSPS) is 16.1. The number of esters is 1. The van der Waals surface area contributed by atoms with Crippen LogP contribution in [0.4, 0.5) is 4.39 Å². The summed E-state index contributed by atoms with van der Waals surface area (Å²) in [6.45, 7) is 5.80. The van der Waals surface area contributed by atoms with Crippen molar-refractivity contribution >= 4 is 5.97 Å². The highest BCUT2D eigenvalue weighted by Crippen LogP contribution is 2.12. The summed E-state index contributed by atoms with van der Waals surface area (Å²) in [5.41, 5.74) is 1.64. The SMILES string of the molecule is C=C(F)/C=C(\C)CN(C)C1=CC(=O)OC1. The number of hydrogen-bond acceptors (Lipinski definition) is 3. The fourth-order valence-electron chi connectivity index (χ4n) is 1.37. The van der Waals surface area contributed by atoms with Gasteiger partial charge in [0.05, 0.1) is 5.70 Å². The summed E-state index contributed by atoms with van der Waals surface area (Å²) in [4.78, 5) is 12.7. The highest BCUT2D eigenvalue weighted by molar-refractivity contribution is 5.85. The molecule has 3 nitrogen and oxygen atoms in total. The van der Waals surface area contributed by atoms with Gasteiger partial charge >= 0.3 is 5.97 Å². The van der Waals surface area contributed by atoms with Crippen LogP contribution in [-0.2, 0) is 9.53 Å². The van der Waals surface area contributed by atoms with Gasteiger partial charge in [-0.1, -0.05) is 12.2 Å². The number of nitrogens with zero attached hydrogens (tertiary/aromatic N) is 1. The molecule has 1 aliphatic rings. The van der Waals surface area contributed by atoms with Crippen molar-refractivity contribution in [2.24, 2.45) is 0 Å². The van der Waals surface area contributed by atoms with Crippen molar-refractivity contribution in [2.75, 3.05) is 20.2 Å². The first-order chi connectivity index (χ1) is 6.99. The van der Waals surface area contributed by atoms with Crippen LogP contribution < -0.4 is 0 Å². The molecule has 0 unspecified atom stereocenters. The fraction of sp³-hybridized carbons (Fsp3) is 0.364. The maximum atomic E-state index is 12.5. The molecule has 82 valence electrons. The fourth-order valence-corrected chi connectivity index (χ4v) is 1.37. The number of carbonyl (C=O) groups is 1. The van der Waals surface area contributed by atoms with Gasteiger partial charge in [-0.15, -0.1) is 0 Å². The second-order valence-electron chi connectivity index (χ2n) is 3.54. The number of halogens is 1. The van der Waals surface area contributed by atoms with Crippen LogP contribution in [0.3, 0.4) is 0 Å². The summed E-state index contributed by atoms with van der Waals surface area (Å²) in [5, 5.41) is 0. The van der Waals surface area contributed by atoms with Crippen LogP contribution in [0.1, 0.15) is 6.92 Å². The van der Waals surface area contributed by atoms with Crippen LogP contribution in [-0.4, -0.2) is 31.1 Å². The summed E-state index contributed by atoms with van der Waals surface area (Å²) >= 11 is 0. The lowest BCUT2D eigenvalue weighted by Crippen LogP contribution is -2.20. The minimum absolute atomic E-state index is 0.291. The number of hydrogen-bond donors (Lipinski definition) is 0. The second-order valence-corrected chi connectivity index (χ2v) is 3.54. The molecule has 0 aromatic rings. The van der Waals surface area contributed by atoms with Gasteiger partial charge in [-0.25, -0.2) is 9.18 Å². The lowest BCUT2D eigenvalue weighted by Gasteiger charge is -2.19. The Hall–Kier alpha value is -1.58. The topological polar surface area (TPSA) is 29.5 Å². The van der Waals surface area contributed by atoms with Crippen LogP contribution in [0.25, 0.3) is 0 Å². The molecule has 1 rings (SSSR count). The van der Waals surface area contributed by atoms with Gasteiger partial charge in [0.25, 0.3) is 0 Å². The van der Waals surface area contributed by atoms with Gasteiger partial charge in [0.1, 0.15) is 12.4 Å². The number of ether oxygens (including phenoxy) is 1. The van der Waals surface area contributed by atoms with E-state index in [1.54, 1.807) is 6.92 Å². The van der Waals surface area contributed by atoms with Crippen LogP contribution in [0.5, 0.6) is 0 Å². The second kappa shape index (κ2) is 4.77. The summed E-state index contributed by atoms with van der Waals surface area (Å²) < 4.78 is 17.2. The molecule has 1 heterocycles. The van der Waals surface area contributed by atoms with Gasteiger partial charge in [0.15, 0.2) is 0 Å². The molecule has 0 N–H and O–H groups in total. The van der Waals surface area contributed by atoms with E-state index in [9.17, 15) is 9.18 Å². The maximum absolute atomic E-state index is 12.5. The Morgan fingerprint density at radius 3 is 2.93 bits per heavy atom. The zero-order valence-corrected chi connectivity index (χ0v) is 8.92. The molecule has 0 atom stereocenters. The molecule has 0 saturated carbocycles. The van der Waals surface area contributed by atoms with E-state index >= 15 is 0 Å². The molecule has 15 heavy (non-hydrogen) atoms. The standard InChI is InChI=1S/C11H14FNO2/c1-8(4-9(2)12)6-13(3)10-5-11(14)15-7-10/h4-5H,2,6-7H2,1,3H3/b8-4+. The van der Waals surface area contributed by atoms with Crippen LogP contribution in [0.15, 0.2) is 35.8 Å². The Morgan fingerprint density at radius 2 is 2.47 bits per heavy atom. The van der Waals surface area contributed by atoms with Gasteiger partial charge in [0.2, 0.25) is 0 Å². The molecule has 1 aliphatic heterocycles. The first-order valence-electron chi connectivity index (χ1n) is 4.59. The molecule has 0 bridgehead atoms. The van der Waals surface area contributed by atoms with Gasteiger partial charge in [-0.3, -0.25) is 0 Å². The number of likely N-dealkylation sites (N-methyl/N-ethyl adjacent to an activating group) is 1. The molecule has 0 radical (unpaired) electrons. The van der Waals surface area contributed by atoms with Crippen LogP contribution in [0, 0.1) is 0 Å². The predicted octanol–water partition coefficient (Wildman–Crippen LogP) is 1.79. The highest BCUT2D eigenvalue weighted by Gasteiger charge is 2.16. The van der Waals surface area contributed by atoms with Crippen molar-refractivity contribution in [1.29, 1.82) is 0 Å². The van der Waals surface area contributed by atoms with Crippen molar-refractivity contribution < 1.29 is 13.9 Å². The van der Waals surface area contributed by atoms with Crippen molar-refractivity contribution in [3.63, 3.8) is 0 Å². The Morgan fingerprint density at radius 1 is 1.80 bits per heavy atom. The summed E-state index contributed by atoms with van der Waals surface area (Å²) in [7, 11) is 1.83. The quantitative estimate of drug-likeness (QED) is 0.524. The number of carbonyl (C=O) groups excluding carboxylic acids is 1. The molecular weight excluding hydrogens is 197 g/mol. The lowest BCUT2D eigenvalue weighted by molar-refractivity contribution is -0.135. The summed E-state index contributed by atoms with van der Waals surface area (Å²) in [6, 6.07) is 0. The maximum Gasteiger partial charge on any atom is 0.333 e. The van der Waals surface area contributed by atoms with Gasteiger partial charge in [0, 0.05) is 19.7 Å². The first-order valence-corrected chi connectivity index (χ1v) is 4.59. The van der Waals surface area contributed by atoms with E-state index < -0.39 is 5.83 Å². The third kappa shape index (κ3) is 3.58. The molecule has 0 aromatic carbocycles. The molecule has 0 aromatic heterocycles. The monoisotopic (exact) mass is 211 g/mol. The van der Waals surface area contributed by atoms with Crippen molar-refractivity contribution in [2.45, 2.75) is 6.92 Å². The van der Waals surface area contributed by atoms with Crippen LogP contribution in [0.2, 0.25) is 0 Å². The Bertz CT molecular complexity index is 344. The molecule has 0 saturated heterocycles. The molecule has 0 aliphatic carbocycles. The Balaban J connectivity index is 2.56. The smallest absolute Gasteiger partial charge is 0.333 e. The zero-order chi connectivity index (χ0) is 11.4. The van der Waals surface area contributed by atoms with Crippen molar-refractivity contribution in [1.82, 2.24) is 4.90 Å². The van der Waals surface area contributed by atoms with Gasteiger partial charge in [-0.2, -0.15) is 0 Å². The molecule has 0 amide bonds. The minimum atomic E-state index is -0.464. The third-order valence-corrected chi connectivity index (χ3v) is 2.03. The van der Waals surface area contributed by atoms with Gasteiger partial charge in [-0.05, 0) is 13.0 Å². The number of cyclic esters (lactones) is 1. The third-order valence-electron chi connectivity index (χ3n) is 2.03. The average Bonchev–Trinajstić information content (AvgIpc) is 2.49. The average molecular weight is 211 g/mol. The summed E-state index contributed by atoms with van der Waals surface area (Å²) in [5.74, 6) is -0.790. The van der Waals surface area contributed by atoms with E-state index in [2.05, 4.69) is 6.58 Å².